The number of carbonyl (C=O) groups excluding carboxylic acids is 1. The van der Waals surface area contributed by atoms with Gasteiger partial charge in [-0.1, -0.05) is 12.1 Å². The number of rotatable bonds is 6. The third kappa shape index (κ3) is 3.83. The van der Waals surface area contributed by atoms with Gasteiger partial charge in [0.05, 0.1) is 14.2 Å². The molecule has 1 heterocycles. The highest BCUT2D eigenvalue weighted by Crippen LogP contribution is 2.27. The minimum absolute atomic E-state index is 0.121. The van der Waals surface area contributed by atoms with E-state index < -0.39 is 0 Å². The van der Waals surface area contributed by atoms with Gasteiger partial charge in [0.2, 0.25) is 0 Å². The Morgan fingerprint density at radius 1 is 0.960 bits per heavy atom. The summed E-state index contributed by atoms with van der Waals surface area (Å²) in [5.41, 5.74) is 2.50. The molecule has 0 bridgehead atoms. The van der Waals surface area contributed by atoms with Crippen LogP contribution >= 0.6 is 0 Å². The first-order valence-electron chi connectivity index (χ1n) is 7.94. The zero-order valence-electron chi connectivity index (χ0n) is 14.2. The molecule has 0 saturated heterocycles. The molecule has 0 saturated carbocycles. The molecule has 0 unspecified atom stereocenters. The number of carbonyl (C=O) groups is 1. The van der Waals surface area contributed by atoms with E-state index in [2.05, 4.69) is 5.32 Å². The summed E-state index contributed by atoms with van der Waals surface area (Å²) >= 11 is 0. The highest BCUT2D eigenvalue weighted by atomic mass is 16.5. The Balaban J connectivity index is 1.70. The average Bonchev–Trinajstić information content (AvgIpc) is 3.20. The Morgan fingerprint density at radius 2 is 1.72 bits per heavy atom. The lowest BCUT2D eigenvalue weighted by Crippen LogP contribution is -2.22. The molecule has 3 rings (SSSR count). The minimum Gasteiger partial charge on any atom is -0.493 e. The number of nitrogens with one attached hydrogen (secondary N) is 1. The average molecular weight is 336 g/mol. The predicted octanol–water partition coefficient (Wildman–Crippen LogP) is 3.42. The molecule has 0 fully saturated rings. The molecule has 0 spiro atoms. The summed E-state index contributed by atoms with van der Waals surface area (Å²) in [5.74, 6) is 1.18. The molecule has 128 valence electrons. The fraction of sp³-hybridized carbons (Fsp3) is 0.150. The van der Waals surface area contributed by atoms with Crippen molar-refractivity contribution >= 4 is 5.91 Å². The normalized spacial score (nSPS) is 10.3. The Bertz CT molecular complexity index is 857. The van der Waals surface area contributed by atoms with Crippen LogP contribution in [0.5, 0.6) is 11.5 Å². The monoisotopic (exact) mass is 336 g/mol. The smallest absolute Gasteiger partial charge is 0.251 e. The highest BCUT2D eigenvalue weighted by Gasteiger charge is 2.09. The zero-order valence-corrected chi connectivity index (χ0v) is 14.2. The molecule has 1 amide bonds. The summed E-state index contributed by atoms with van der Waals surface area (Å²) in [4.78, 5) is 12.4. The van der Waals surface area contributed by atoms with Gasteiger partial charge in [-0.05, 0) is 48.0 Å². The van der Waals surface area contributed by atoms with Crippen molar-refractivity contribution in [3.8, 4) is 17.2 Å². The maximum absolute atomic E-state index is 12.4. The Labute approximate surface area is 146 Å². The molecule has 0 radical (unpaired) electrons. The number of benzene rings is 2. The van der Waals surface area contributed by atoms with E-state index in [9.17, 15) is 4.79 Å². The number of amides is 1. The van der Waals surface area contributed by atoms with Crippen LogP contribution in [0.15, 0.2) is 67.0 Å². The van der Waals surface area contributed by atoms with Crippen molar-refractivity contribution in [2.45, 2.75) is 6.54 Å². The fourth-order valence-corrected chi connectivity index (χ4v) is 2.59. The van der Waals surface area contributed by atoms with Gasteiger partial charge in [0.1, 0.15) is 0 Å². The van der Waals surface area contributed by atoms with Crippen LogP contribution in [0.2, 0.25) is 0 Å². The number of methoxy groups -OCH3 is 2. The second kappa shape index (κ2) is 7.57. The van der Waals surface area contributed by atoms with Crippen molar-refractivity contribution in [1.82, 2.24) is 9.88 Å². The van der Waals surface area contributed by atoms with E-state index >= 15 is 0 Å². The molecule has 2 aromatic carbocycles. The van der Waals surface area contributed by atoms with Crippen molar-refractivity contribution in [2.24, 2.45) is 0 Å². The quantitative estimate of drug-likeness (QED) is 0.750. The summed E-state index contributed by atoms with van der Waals surface area (Å²) < 4.78 is 12.5. The van der Waals surface area contributed by atoms with Gasteiger partial charge in [0.15, 0.2) is 11.5 Å². The van der Waals surface area contributed by atoms with Crippen molar-refractivity contribution < 1.29 is 14.3 Å². The van der Waals surface area contributed by atoms with E-state index in [4.69, 9.17) is 9.47 Å². The lowest BCUT2D eigenvalue weighted by Gasteiger charge is -2.11. The third-order valence-corrected chi connectivity index (χ3v) is 3.91. The number of hydrogen-bond donors (Lipinski definition) is 1. The van der Waals surface area contributed by atoms with E-state index in [0.29, 0.717) is 23.6 Å². The summed E-state index contributed by atoms with van der Waals surface area (Å²) in [6, 6.07) is 17.0. The Morgan fingerprint density at radius 3 is 2.44 bits per heavy atom. The van der Waals surface area contributed by atoms with Crippen LogP contribution in [0.3, 0.4) is 0 Å². The molecule has 0 aliphatic rings. The van der Waals surface area contributed by atoms with Crippen molar-refractivity contribution in [1.29, 1.82) is 0 Å². The zero-order chi connectivity index (χ0) is 17.6. The first-order chi connectivity index (χ1) is 12.2. The molecule has 5 heteroatoms. The Kier molecular flexibility index (Phi) is 5.04. The van der Waals surface area contributed by atoms with Gasteiger partial charge >= 0.3 is 0 Å². The lowest BCUT2D eigenvalue weighted by molar-refractivity contribution is 0.0951. The van der Waals surface area contributed by atoms with Crippen molar-refractivity contribution in [3.05, 3.63) is 78.1 Å². The van der Waals surface area contributed by atoms with Crippen LogP contribution in [0, 0.1) is 0 Å². The molecular formula is C20H20N2O3. The van der Waals surface area contributed by atoms with Crippen LogP contribution in [0.25, 0.3) is 5.69 Å². The van der Waals surface area contributed by atoms with E-state index in [0.717, 1.165) is 11.3 Å². The highest BCUT2D eigenvalue weighted by molar-refractivity contribution is 5.94. The second-order valence-corrected chi connectivity index (χ2v) is 5.51. The number of hydrogen-bond acceptors (Lipinski definition) is 3. The number of aromatic nitrogens is 1. The standard InChI is InChI=1S/C20H20N2O3/c1-24-18-9-8-15(12-19(18)25-2)14-21-20(23)16-6-5-7-17(13-16)22-10-3-4-11-22/h3-13H,14H2,1-2H3,(H,21,23). The molecule has 0 aliphatic heterocycles. The SMILES string of the molecule is COc1ccc(CNC(=O)c2cccc(-n3cccc3)c2)cc1OC. The molecule has 3 aromatic rings. The first kappa shape index (κ1) is 16.6. The number of ether oxygens (including phenoxy) is 2. The lowest BCUT2D eigenvalue weighted by atomic mass is 10.1. The second-order valence-electron chi connectivity index (χ2n) is 5.51. The molecule has 1 aromatic heterocycles. The van der Waals surface area contributed by atoms with Gasteiger partial charge in [0, 0.05) is 30.2 Å². The van der Waals surface area contributed by atoms with E-state index in [1.54, 1.807) is 20.3 Å². The number of nitrogens with zero attached hydrogens (tertiary/aromatic N) is 1. The molecule has 0 aliphatic carbocycles. The predicted molar refractivity (Wildman–Crippen MR) is 96.5 cm³/mol. The molecule has 25 heavy (non-hydrogen) atoms. The fourth-order valence-electron chi connectivity index (χ4n) is 2.59. The van der Waals surface area contributed by atoms with Gasteiger partial charge in [-0.15, -0.1) is 0 Å². The summed E-state index contributed by atoms with van der Waals surface area (Å²) in [6.45, 7) is 0.410. The van der Waals surface area contributed by atoms with Crippen LogP contribution in [0.4, 0.5) is 0 Å². The summed E-state index contributed by atoms with van der Waals surface area (Å²) in [5, 5.41) is 2.93. The van der Waals surface area contributed by atoms with Gasteiger partial charge in [-0.3, -0.25) is 4.79 Å². The van der Waals surface area contributed by atoms with Gasteiger partial charge in [0.25, 0.3) is 5.91 Å². The van der Waals surface area contributed by atoms with Crippen LogP contribution < -0.4 is 14.8 Å². The van der Waals surface area contributed by atoms with E-state index in [-0.39, 0.29) is 5.91 Å². The summed E-state index contributed by atoms with van der Waals surface area (Å²) in [6.07, 6.45) is 3.89. The first-order valence-corrected chi connectivity index (χ1v) is 7.94. The largest absolute Gasteiger partial charge is 0.493 e. The van der Waals surface area contributed by atoms with Gasteiger partial charge < -0.3 is 19.4 Å². The summed E-state index contributed by atoms with van der Waals surface area (Å²) in [7, 11) is 3.18. The van der Waals surface area contributed by atoms with E-state index in [1.807, 2.05) is 65.5 Å². The Hall–Kier alpha value is -3.21. The van der Waals surface area contributed by atoms with Gasteiger partial charge in [-0.25, -0.2) is 0 Å². The molecule has 5 nitrogen and oxygen atoms in total. The third-order valence-electron chi connectivity index (χ3n) is 3.91. The van der Waals surface area contributed by atoms with Gasteiger partial charge in [-0.2, -0.15) is 0 Å². The van der Waals surface area contributed by atoms with Crippen molar-refractivity contribution in [3.63, 3.8) is 0 Å². The topological polar surface area (TPSA) is 52.5 Å². The maximum Gasteiger partial charge on any atom is 0.251 e. The maximum atomic E-state index is 12.4. The molecule has 0 atom stereocenters. The van der Waals surface area contributed by atoms with Crippen LogP contribution in [-0.4, -0.2) is 24.7 Å². The van der Waals surface area contributed by atoms with E-state index in [1.165, 1.54) is 0 Å². The van der Waals surface area contributed by atoms with Crippen LogP contribution in [0.1, 0.15) is 15.9 Å². The minimum atomic E-state index is -0.121. The van der Waals surface area contributed by atoms with Crippen LogP contribution in [-0.2, 0) is 6.54 Å². The molecule has 1 N–H and O–H groups in total. The van der Waals surface area contributed by atoms with Crippen molar-refractivity contribution in [2.75, 3.05) is 14.2 Å². The molecular weight excluding hydrogens is 316 g/mol.